The molecule has 0 radical (unpaired) electrons. The molecule has 4 aromatic carbocycles. The first-order valence-electron chi connectivity index (χ1n) is 12.0. The number of rotatable bonds is 8. The number of hydrogen-bond acceptors (Lipinski definition) is 4. The second kappa shape index (κ2) is 9.87. The SMILES string of the molecule is C[C@H](CO)[C@H](NC1(c2ccccc2)c2ccccc2-c2ccccc21)C(=O)OCc1ccccc1. The lowest BCUT2D eigenvalue weighted by Crippen LogP contribution is -2.55. The summed E-state index contributed by atoms with van der Waals surface area (Å²) in [6.45, 7) is 1.90. The smallest absolute Gasteiger partial charge is 0.323 e. The van der Waals surface area contributed by atoms with Crippen LogP contribution in [-0.4, -0.2) is 23.7 Å². The third-order valence-electron chi connectivity index (χ3n) is 6.87. The zero-order valence-electron chi connectivity index (χ0n) is 19.7. The minimum absolute atomic E-state index is 0.147. The highest BCUT2D eigenvalue weighted by Gasteiger charge is 2.47. The van der Waals surface area contributed by atoms with Gasteiger partial charge >= 0.3 is 5.97 Å². The van der Waals surface area contributed by atoms with E-state index in [1.54, 1.807) is 0 Å². The highest BCUT2D eigenvalue weighted by Crippen LogP contribution is 2.51. The average Bonchev–Trinajstić information content (AvgIpc) is 3.21. The molecule has 4 heteroatoms. The number of nitrogens with one attached hydrogen (secondary N) is 1. The van der Waals surface area contributed by atoms with E-state index in [2.05, 4.69) is 41.7 Å². The van der Waals surface area contributed by atoms with Gasteiger partial charge in [0.05, 0.1) is 5.54 Å². The fourth-order valence-corrected chi connectivity index (χ4v) is 5.06. The fourth-order valence-electron chi connectivity index (χ4n) is 5.06. The molecule has 0 fully saturated rings. The fraction of sp³-hybridized carbons (Fsp3) is 0.194. The summed E-state index contributed by atoms with van der Waals surface area (Å²) >= 11 is 0. The van der Waals surface area contributed by atoms with Crippen molar-refractivity contribution in [2.24, 2.45) is 5.92 Å². The van der Waals surface area contributed by atoms with Crippen molar-refractivity contribution in [3.8, 4) is 11.1 Å². The first-order valence-corrected chi connectivity index (χ1v) is 12.0. The molecule has 0 saturated carbocycles. The molecule has 0 aliphatic heterocycles. The zero-order valence-corrected chi connectivity index (χ0v) is 19.7. The van der Waals surface area contributed by atoms with E-state index < -0.39 is 11.6 Å². The van der Waals surface area contributed by atoms with Crippen LogP contribution in [0.15, 0.2) is 109 Å². The van der Waals surface area contributed by atoms with Crippen molar-refractivity contribution < 1.29 is 14.6 Å². The van der Waals surface area contributed by atoms with Crippen LogP contribution in [0, 0.1) is 5.92 Å². The summed E-state index contributed by atoms with van der Waals surface area (Å²) in [5, 5.41) is 13.8. The molecule has 0 saturated heterocycles. The molecule has 2 atom stereocenters. The number of ether oxygens (including phenoxy) is 1. The number of hydrogen-bond donors (Lipinski definition) is 2. The monoisotopic (exact) mass is 463 g/mol. The maximum absolute atomic E-state index is 13.5. The number of fused-ring (bicyclic) bond motifs is 3. The normalized spacial score (nSPS) is 15.0. The van der Waals surface area contributed by atoms with Gasteiger partial charge in [-0.25, -0.2) is 0 Å². The van der Waals surface area contributed by atoms with Gasteiger partial charge in [-0.1, -0.05) is 116 Å². The summed E-state index contributed by atoms with van der Waals surface area (Å²) < 4.78 is 5.77. The lowest BCUT2D eigenvalue weighted by atomic mass is 9.79. The predicted molar refractivity (Wildman–Crippen MR) is 138 cm³/mol. The molecule has 0 amide bonds. The summed E-state index contributed by atoms with van der Waals surface area (Å²) in [6, 6.07) is 35.7. The third-order valence-corrected chi connectivity index (χ3v) is 6.87. The maximum atomic E-state index is 13.5. The molecule has 35 heavy (non-hydrogen) atoms. The molecule has 1 aliphatic rings. The van der Waals surface area contributed by atoms with Gasteiger partial charge in [0, 0.05) is 12.5 Å². The predicted octanol–water partition coefficient (Wildman–Crippen LogP) is 5.29. The second-order valence-corrected chi connectivity index (χ2v) is 9.08. The average molecular weight is 464 g/mol. The topological polar surface area (TPSA) is 58.6 Å². The van der Waals surface area contributed by atoms with Gasteiger partial charge in [-0.2, -0.15) is 0 Å². The van der Waals surface area contributed by atoms with E-state index in [4.69, 9.17) is 4.74 Å². The molecule has 176 valence electrons. The Balaban J connectivity index is 1.60. The molecule has 0 heterocycles. The third kappa shape index (κ3) is 4.16. The van der Waals surface area contributed by atoms with Crippen LogP contribution in [-0.2, 0) is 21.7 Å². The standard InChI is InChI=1S/C31H29NO3/c1-22(20-33)29(30(34)35-21-23-12-4-2-5-13-23)32-31(24-14-6-3-7-15-24)27-18-10-8-16-25(27)26-17-9-11-19-28(26)31/h2-19,22,29,32-33H,20-21H2,1H3/t22-,29+/m1/s1. The van der Waals surface area contributed by atoms with E-state index in [0.717, 1.165) is 33.4 Å². The van der Waals surface area contributed by atoms with Gasteiger partial charge in [0.15, 0.2) is 0 Å². The molecular weight excluding hydrogens is 434 g/mol. The zero-order chi connectivity index (χ0) is 24.3. The van der Waals surface area contributed by atoms with Gasteiger partial charge in [0.25, 0.3) is 0 Å². The van der Waals surface area contributed by atoms with Crippen LogP contribution in [0.2, 0.25) is 0 Å². The van der Waals surface area contributed by atoms with E-state index in [0.29, 0.717) is 0 Å². The summed E-state index contributed by atoms with van der Waals surface area (Å²) in [4.78, 5) is 13.5. The van der Waals surface area contributed by atoms with E-state index in [1.165, 1.54) is 0 Å². The minimum Gasteiger partial charge on any atom is -0.460 e. The van der Waals surface area contributed by atoms with E-state index >= 15 is 0 Å². The highest BCUT2D eigenvalue weighted by atomic mass is 16.5. The van der Waals surface area contributed by atoms with Crippen LogP contribution in [0.25, 0.3) is 11.1 Å². The Hall–Kier alpha value is -3.73. The molecule has 0 aromatic heterocycles. The largest absolute Gasteiger partial charge is 0.460 e. The quantitative estimate of drug-likeness (QED) is 0.349. The van der Waals surface area contributed by atoms with Crippen molar-refractivity contribution in [2.75, 3.05) is 6.61 Å². The molecule has 4 aromatic rings. The van der Waals surface area contributed by atoms with Crippen LogP contribution >= 0.6 is 0 Å². The number of aliphatic hydroxyl groups excluding tert-OH is 1. The maximum Gasteiger partial charge on any atom is 0.323 e. The number of carbonyl (C=O) groups excluding carboxylic acids is 1. The summed E-state index contributed by atoms with van der Waals surface area (Å²) in [7, 11) is 0. The lowest BCUT2D eigenvalue weighted by Gasteiger charge is -2.38. The van der Waals surface area contributed by atoms with Gasteiger partial charge in [-0.15, -0.1) is 0 Å². The Morgan fingerprint density at radius 1 is 0.800 bits per heavy atom. The highest BCUT2D eigenvalue weighted by molar-refractivity contribution is 5.84. The van der Waals surface area contributed by atoms with Crippen LogP contribution in [0.3, 0.4) is 0 Å². The lowest BCUT2D eigenvalue weighted by molar-refractivity contribution is -0.150. The first kappa shape index (κ1) is 23.0. The second-order valence-electron chi connectivity index (χ2n) is 9.08. The molecule has 0 spiro atoms. The summed E-state index contributed by atoms with van der Waals surface area (Å²) in [5.41, 5.74) is 5.61. The van der Waals surface area contributed by atoms with Gasteiger partial charge in [0.2, 0.25) is 0 Å². The van der Waals surface area contributed by atoms with Crippen molar-refractivity contribution in [3.63, 3.8) is 0 Å². The van der Waals surface area contributed by atoms with Crippen LogP contribution < -0.4 is 5.32 Å². The Morgan fingerprint density at radius 2 is 1.31 bits per heavy atom. The number of benzene rings is 4. The van der Waals surface area contributed by atoms with E-state index in [9.17, 15) is 9.90 Å². The minimum atomic E-state index is -0.770. The van der Waals surface area contributed by atoms with Crippen molar-refractivity contribution in [3.05, 3.63) is 131 Å². The summed E-state index contributed by atoms with van der Waals surface area (Å²) in [6.07, 6.45) is 0. The number of carbonyl (C=O) groups is 1. The molecular formula is C31H29NO3. The van der Waals surface area contributed by atoms with Gasteiger partial charge in [-0.3, -0.25) is 10.1 Å². The van der Waals surface area contributed by atoms with Gasteiger partial charge in [0.1, 0.15) is 12.6 Å². The van der Waals surface area contributed by atoms with Crippen molar-refractivity contribution in [2.45, 2.75) is 25.1 Å². The van der Waals surface area contributed by atoms with Crippen molar-refractivity contribution in [1.82, 2.24) is 5.32 Å². The Labute approximate surface area is 206 Å². The Morgan fingerprint density at radius 3 is 1.89 bits per heavy atom. The molecule has 0 unspecified atom stereocenters. The van der Waals surface area contributed by atoms with Gasteiger partial charge < -0.3 is 9.84 Å². The van der Waals surface area contributed by atoms with Gasteiger partial charge in [-0.05, 0) is 33.4 Å². The van der Waals surface area contributed by atoms with Crippen molar-refractivity contribution >= 4 is 5.97 Å². The molecule has 2 N–H and O–H groups in total. The van der Waals surface area contributed by atoms with E-state index in [-0.39, 0.29) is 25.1 Å². The Bertz CT molecular complexity index is 1260. The van der Waals surface area contributed by atoms with Crippen LogP contribution in [0.5, 0.6) is 0 Å². The van der Waals surface area contributed by atoms with Crippen LogP contribution in [0.1, 0.15) is 29.2 Å². The Kier molecular flexibility index (Phi) is 6.49. The summed E-state index contributed by atoms with van der Waals surface area (Å²) in [5.74, 6) is -0.744. The molecule has 0 bridgehead atoms. The number of esters is 1. The molecule has 1 aliphatic carbocycles. The van der Waals surface area contributed by atoms with Crippen molar-refractivity contribution in [1.29, 1.82) is 0 Å². The molecule has 5 rings (SSSR count). The van der Waals surface area contributed by atoms with E-state index in [1.807, 2.05) is 79.7 Å². The molecule has 4 nitrogen and oxygen atoms in total. The first-order chi connectivity index (χ1) is 17.1. The number of aliphatic hydroxyl groups is 1. The van der Waals surface area contributed by atoms with Crippen LogP contribution in [0.4, 0.5) is 0 Å².